The number of aromatic carboxylic acids is 1. The molecule has 0 atom stereocenters. The molecule has 3 aromatic rings. The molecule has 136 valence electrons. The molecule has 1 amide bonds. The molecule has 0 unspecified atom stereocenters. The zero-order chi connectivity index (χ0) is 18.8. The number of carboxylic acids is 1. The molecule has 3 rings (SSSR count). The molecule has 0 saturated carbocycles. The predicted octanol–water partition coefficient (Wildman–Crippen LogP) is 2.45. The summed E-state index contributed by atoms with van der Waals surface area (Å²) in [5, 5.41) is 19.0. The molecule has 0 aliphatic rings. The molecule has 2 N–H and O–H groups in total. The Morgan fingerprint density at radius 3 is 2.77 bits per heavy atom. The van der Waals surface area contributed by atoms with Crippen LogP contribution in [0, 0.1) is 6.92 Å². The van der Waals surface area contributed by atoms with Crippen LogP contribution >= 0.6 is 11.3 Å². The maximum absolute atomic E-state index is 12.6. The highest BCUT2D eigenvalue weighted by Crippen LogP contribution is 2.21. The van der Waals surface area contributed by atoms with Crippen molar-refractivity contribution in [3.8, 4) is 0 Å². The maximum Gasteiger partial charge on any atom is 0.355 e. The lowest BCUT2D eigenvalue weighted by molar-refractivity contribution is 0.0690. The predicted molar refractivity (Wildman–Crippen MR) is 97.8 cm³/mol. The smallest absolute Gasteiger partial charge is 0.355 e. The molecule has 9 heteroatoms. The van der Waals surface area contributed by atoms with Gasteiger partial charge in [-0.25, -0.2) is 19.4 Å². The van der Waals surface area contributed by atoms with E-state index in [2.05, 4.69) is 20.4 Å². The van der Waals surface area contributed by atoms with E-state index in [1.165, 1.54) is 16.7 Å². The number of aromatic nitrogens is 4. The second-order valence-electron chi connectivity index (χ2n) is 6.17. The number of nitrogens with zero attached hydrogens (tertiary/aromatic N) is 4. The number of nitrogens with one attached hydrogen (secondary N) is 1. The number of rotatable bonds is 6. The molecule has 3 heterocycles. The first kappa shape index (κ1) is 18.0. The molecule has 0 saturated heterocycles. The molecule has 0 radical (unpaired) electrons. The van der Waals surface area contributed by atoms with Crippen molar-refractivity contribution in [1.29, 1.82) is 0 Å². The average molecular weight is 373 g/mol. The van der Waals surface area contributed by atoms with Gasteiger partial charge in [0.1, 0.15) is 0 Å². The third-order valence-electron chi connectivity index (χ3n) is 3.82. The first-order valence-electron chi connectivity index (χ1n) is 8.17. The lowest BCUT2D eigenvalue weighted by Gasteiger charge is -2.09. The van der Waals surface area contributed by atoms with Crippen LogP contribution in [0.4, 0.5) is 0 Å². The number of carbonyl (C=O) groups excluding carboxylic acids is 1. The Morgan fingerprint density at radius 2 is 2.12 bits per heavy atom. The number of hydrogen-bond donors (Lipinski definition) is 2. The summed E-state index contributed by atoms with van der Waals surface area (Å²) in [5.74, 6) is -1.26. The van der Waals surface area contributed by atoms with Crippen molar-refractivity contribution < 1.29 is 14.7 Å². The van der Waals surface area contributed by atoms with E-state index in [4.69, 9.17) is 5.11 Å². The number of aryl methyl sites for hydroxylation is 1. The molecule has 26 heavy (non-hydrogen) atoms. The van der Waals surface area contributed by atoms with Crippen LogP contribution in [-0.2, 0) is 6.42 Å². The summed E-state index contributed by atoms with van der Waals surface area (Å²) in [6, 6.07) is 1.89. The molecule has 0 spiro atoms. The van der Waals surface area contributed by atoms with Crippen LogP contribution in [0.25, 0.3) is 11.0 Å². The van der Waals surface area contributed by atoms with Crippen molar-refractivity contribution in [3.05, 3.63) is 39.6 Å². The van der Waals surface area contributed by atoms with Gasteiger partial charge in [-0.1, -0.05) is 0 Å². The fourth-order valence-corrected chi connectivity index (χ4v) is 3.38. The van der Waals surface area contributed by atoms with Gasteiger partial charge in [0.15, 0.2) is 11.3 Å². The van der Waals surface area contributed by atoms with Crippen molar-refractivity contribution in [2.24, 2.45) is 0 Å². The molecule has 0 fully saturated rings. The molecule has 0 aliphatic heterocycles. The monoisotopic (exact) mass is 373 g/mol. The summed E-state index contributed by atoms with van der Waals surface area (Å²) in [6.07, 6.45) is 2.14. The summed E-state index contributed by atoms with van der Waals surface area (Å²) < 4.78 is 1.79. The summed E-state index contributed by atoms with van der Waals surface area (Å²) in [7, 11) is 0. The van der Waals surface area contributed by atoms with Crippen molar-refractivity contribution >= 4 is 34.2 Å². The molecule has 3 aromatic heterocycles. The average Bonchev–Trinajstić information content (AvgIpc) is 3.20. The number of fused-ring (bicyclic) bond motifs is 1. The topological polar surface area (TPSA) is 110 Å². The Labute approximate surface area is 153 Å². The van der Waals surface area contributed by atoms with Gasteiger partial charge >= 0.3 is 5.97 Å². The lowest BCUT2D eigenvalue weighted by atomic mass is 10.1. The van der Waals surface area contributed by atoms with Gasteiger partial charge in [0.2, 0.25) is 0 Å². The molecule has 0 aliphatic carbocycles. The normalized spacial score (nSPS) is 11.2. The van der Waals surface area contributed by atoms with Gasteiger partial charge in [0.05, 0.1) is 22.2 Å². The summed E-state index contributed by atoms with van der Waals surface area (Å²) >= 11 is 1.27. The first-order valence-corrected chi connectivity index (χ1v) is 9.05. The van der Waals surface area contributed by atoms with E-state index in [1.807, 2.05) is 20.8 Å². The highest BCUT2D eigenvalue weighted by molar-refractivity contribution is 7.09. The van der Waals surface area contributed by atoms with Crippen molar-refractivity contribution in [2.75, 3.05) is 6.54 Å². The SMILES string of the molecule is Cc1cc(C(=O)NCCc2nc(C(=O)O)cs2)c2cnn(C(C)C)c2n1. The van der Waals surface area contributed by atoms with Crippen LogP contribution in [0.3, 0.4) is 0 Å². The van der Waals surface area contributed by atoms with Gasteiger partial charge in [-0.05, 0) is 26.8 Å². The standard InChI is InChI=1S/C17H19N5O3S/c1-9(2)22-15-12(7-19-22)11(6-10(3)20-15)16(23)18-5-4-14-21-13(8-26-14)17(24)25/h6-9H,4-5H2,1-3H3,(H,18,23)(H,24,25). The second kappa shape index (κ2) is 7.20. The van der Waals surface area contributed by atoms with Crippen molar-refractivity contribution in [3.63, 3.8) is 0 Å². The minimum atomic E-state index is -1.05. The quantitative estimate of drug-likeness (QED) is 0.687. The van der Waals surface area contributed by atoms with Crippen LogP contribution in [0.15, 0.2) is 17.6 Å². The maximum atomic E-state index is 12.6. The van der Waals surface area contributed by atoms with Crippen molar-refractivity contribution in [2.45, 2.75) is 33.2 Å². The largest absolute Gasteiger partial charge is 0.476 e. The molecular weight excluding hydrogens is 354 g/mol. The summed E-state index contributed by atoms with van der Waals surface area (Å²) in [4.78, 5) is 32.0. The molecule has 0 bridgehead atoms. The fraction of sp³-hybridized carbons (Fsp3) is 0.353. The van der Waals surface area contributed by atoms with Gasteiger partial charge in [-0.2, -0.15) is 5.10 Å². The van der Waals surface area contributed by atoms with Gasteiger partial charge in [0.25, 0.3) is 5.91 Å². The number of thiazole rings is 1. The van der Waals surface area contributed by atoms with E-state index < -0.39 is 5.97 Å². The van der Waals surface area contributed by atoms with Crippen LogP contribution < -0.4 is 5.32 Å². The van der Waals surface area contributed by atoms with E-state index in [9.17, 15) is 9.59 Å². The van der Waals surface area contributed by atoms with Crippen LogP contribution in [0.2, 0.25) is 0 Å². The van der Waals surface area contributed by atoms with Gasteiger partial charge in [0, 0.05) is 30.1 Å². The minimum Gasteiger partial charge on any atom is -0.476 e. The Kier molecular flexibility index (Phi) is 4.99. The van der Waals surface area contributed by atoms with Crippen molar-refractivity contribution in [1.82, 2.24) is 25.1 Å². The minimum absolute atomic E-state index is 0.0314. The number of pyridine rings is 1. The highest BCUT2D eigenvalue weighted by Gasteiger charge is 2.17. The number of carboxylic acid groups (broad SMARTS) is 1. The Hall–Kier alpha value is -2.81. The van der Waals surface area contributed by atoms with Crippen LogP contribution in [0.1, 0.15) is 51.4 Å². The molecular formula is C17H19N5O3S. The fourth-order valence-electron chi connectivity index (χ4n) is 2.61. The third kappa shape index (κ3) is 3.57. The van der Waals surface area contributed by atoms with Gasteiger partial charge < -0.3 is 10.4 Å². The van der Waals surface area contributed by atoms with Gasteiger partial charge in [-0.15, -0.1) is 11.3 Å². The molecule has 8 nitrogen and oxygen atoms in total. The van der Waals surface area contributed by atoms with Gasteiger partial charge in [-0.3, -0.25) is 4.79 Å². The second-order valence-corrected chi connectivity index (χ2v) is 7.11. The number of hydrogen-bond acceptors (Lipinski definition) is 6. The van der Waals surface area contributed by atoms with Crippen LogP contribution in [-0.4, -0.2) is 43.3 Å². The lowest BCUT2D eigenvalue weighted by Crippen LogP contribution is -2.26. The Morgan fingerprint density at radius 1 is 1.35 bits per heavy atom. The first-order chi connectivity index (χ1) is 12.4. The Bertz CT molecular complexity index is 976. The molecule has 0 aromatic carbocycles. The van der Waals surface area contributed by atoms with E-state index in [0.29, 0.717) is 34.6 Å². The van der Waals surface area contributed by atoms with E-state index >= 15 is 0 Å². The summed E-state index contributed by atoms with van der Waals surface area (Å²) in [6.45, 7) is 6.23. The number of amides is 1. The van der Waals surface area contributed by atoms with E-state index in [1.54, 1.807) is 16.9 Å². The van der Waals surface area contributed by atoms with E-state index in [-0.39, 0.29) is 17.6 Å². The third-order valence-corrected chi connectivity index (χ3v) is 4.73. The van der Waals surface area contributed by atoms with Crippen LogP contribution in [0.5, 0.6) is 0 Å². The summed E-state index contributed by atoms with van der Waals surface area (Å²) in [5.41, 5.74) is 2.00. The Balaban J connectivity index is 1.74. The van der Waals surface area contributed by atoms with E-state index in [0.717, 1.165) is 5.69 Å². The highest BCUT2D eigenvalue weighted by atomic mass is 32.1. The zero-order valence-corrected chi connectivity index (χ0v) is 15.5. The zero-order valence-electron chi connectivity index (χ0n) is 14.7. The number of carbonyl (C=O) groups is 2.